The first kappa shape index (κ1) is 27.9. The summed E-state index contributed by atoms with van der Waals surface area (Å²) < 4.78 is 25.5. The first-order valence-electron chi connectivity index (χ1n) is 12.3. The molecule has 2 aromatic carbocycles. The molecule has 0 fully saturated rings. The molecule has 2 aromatic heterocycles. The molecule has 0 bridgehead atoms. The van der Waals surface area contributed by atoms with E-state index in [0.717, 1.165) is 5.56 Å². The van der Waals surface area contributed by atoms with Crippen molar-refractivity contribution < 1.29 is 28.2 Å². The van der Waals surface area contributed by atoms with Crippen molar-refractivity contribution in [2.75, 3.05) is 26.7 Å². The maximum absolute atomic E-state index is 14.1. The highest BCUT2D eigenvalue weighted by molar-refractivity contribution is 7.21. The molecule has 0 aliphatic carbocycles. The summed E-state index contributed by atoms with van der Waals surface area (Å²) in [7, 11) is 1.33. The molecule has 10 heteroatoms. The van der Waals surface area contributed by atoms with Crippen LogP contribution in [0.2, 0.25) is 0 Å². The number of nitrogens with one attached hydrogen (secondary N) is 2. The Morgan fingerprint density at radius 3 is 2.72 bits per heavy atom. The fourth-order valence-corrected chi connectivity index (χ4v) is 4.83. The fourth-order valence-electron chi connectivity index (χ4n) is 3.85. The molecule has 0 aliphatic rings. The van der Waals surface area contributed by atoms with E-state index in [0.29, 0.717) is 57.2 Å². The first-order chi connectivity index (χ1) is 18.8. The summed E-state index contributed by atoms with van der Waals surface area (Å²) >= 11 is 1.26. The molecule has 0 radical (unpaired) electrons. The molecule has 0 saturated heterocycles. The summed E-state index contributed by atoms with van der Waals surface area (Å²) in [4.78, 5) is 41.5. The van der Waals surface area contributed by atoms with Gasteiger partial charge in [0.15, 0.2) is 5.78 Å². The number of carbonyl (C=O) groups excluding carboxylic acids is 3. The second-order valence-electron chi connectivity index (χ2n) is 8.82. The summed E-state index contributed by atoms with van der Waals surface area (Å²) in [5, 5.41) is 5.80. The molecule has 0 saturated carbocycles. The third kappa shape index (κ3) is 7.46. The Kier molecular flexibility index (Phi) is 9.35. The second-order valence-corrected chi connectivity index (χ2v) is 9.87. The number of fused-ring (bicyclic) bond motifs is 1. The Labute approximate surface area is 229 Å². The Hall–Kier alpha value is -4.15. The number of carbonyl (C=O) groups is 3. The largest absolute Gasteiger partial charge is 0.468 e. The molecular formula is C29H28FN3O5S. The van der Waals surface area contributed by atoms with Crippen molar-refractivity contribution in [1.82, 2.24) is 15.6 Å². The minimum Gasteiger partial charge on any atom is -0.468 e. The van der Waals surface area contributed by atoms with Crippen molar-refractivity contribution in [3.8, 4) is 11.5 Å². The van der Waals surface area contributed by atoms with E-state index in [1.54, 1.807) is 54.7 Å². The molecule has 1 amide bonds. The monoisotopic (exact) mass is 549 g/mol. The van der Waals surface area contributed by atoms with Crippen LogP contribution in [0.15, 0.2) is 60.8 Å². The number of halogens is 1. The highest BCUT2D eigenvalue weighted by atomic mass is 32.1. The van der Waals surface area contributed by atoms with Crippen molar-refractivity contribution in [2.45, 2.75) is 19.8 Å². The number of rotatable bonds is 12. The minimum absolute atomic E-state index is 0.0544. The van der Waals surface area contributed by atoms with Crippen LogP contribution < -0.4 is 15.4 Å². The number of ketones is 1. The average molecular weight is 550 g/mol. The predicted octanol–water partition coefficient (Wildman–Crippen LogP) is 4.84. The maximum atomic E-state index is 14.1. The molecule has 2 N–H and O–H groups in total. The van der Waals surface area contributed by atoms with Gasteiger partial charge in [-0.1, -0.05) is 29.8 Å². The SMILES string of the molecule is COC(=O)CNCCCNC(=O)c1cc2nccc(Oc3cccc(C(=O)Cc4cc(C)ccc4F)c3)c2s1. The van der Waals surface area contributed by atoms with E-state index in [1.165, 1.54) is 24.5 Å². The molecule has 0 aliphatic heterocycles. The Morgan fingerprint density at radius 2 is 1.90 bits per heavy atom. The van der Waals surface area contributed by atoms with Crippen LogP contribution in [-0.2, 0) is 16.0 Å². The maximum Gasteiger partial charge on any atom is 0.319 e. The van der Waals surface area contributed by atoms with Gasteiger partial charge in [0.05, 0.1) is 28.7 Å². The number of aromatic nitrogens is 1. The molecule has 39 heavy (non-hydrogen) atoms. The van der Waals surface area contributed by atoms with Crippen LogP contribution in [0.5, 0.6) is 11.5 Å². The zero-order valence-corrected chi connectivity index (χ0v) is 22.4. The number of amides is 1. The van der Waals surface area contributed by atoms with Crippen molar-refractivity contribution in [1.29, 1.82) is 0 Å². The Bertz CT molecular complexity index is 1500. The van der Waals surface area contributed by atoms with Gasteiger partial charge in [0.1, 0.15) is 17.3 Å². The lowest BCUT2D eigenvalue weighted by atomic mass is 10.0. The molecule has 0 unspecified atom stereocenters. The summed E-state index contributed by atoms with van der Waals surface area (Å²) in [5.41, 5.74) is 2.26. The fraction of sp³-hybridized carbons (Fsp3) is 0.241. The van der Waals surface area contributed by atoms with Gasteiger partial charge < -0.3 is 20.1 Å². The van der Waals surface area contributed by atoms with E-state index < -0.39 is 5.82 Å². The third-order valence-corrected chi connectivity index (χ3v) is 6.99. The number of nitrogens with zero attached hydrogens (tertiary/aromatic N) is 1. The van der Waals surface area contributed by atoms with Crippen LogP contribution >= 0.6 is 11.3 Å². The third-order valence-electron chi connectivity index (χ3n) is 5.85. The molecule has 0 spiro atoms. The van der Waals surface area contributed by atoms with E-state index >= 15 is 0 Å². The van der Waals surface area contributed by atoms with Gasteiger partial charge >= 0.3 is 5.97 Å². The van der Waals surface area contributed by atoms with Gasteiger partial charge in [-0.15, -0.1) is 11.3 Å². The van der Waals surface area contributed by atoms with Crippen LogP contribution in [-0.4, -0.2) is 49.4 Å². The molecule has 8 nitrogen and oxygen atoms in total. The highest BCUT2D eigenvalue weighted by Crippen LogP contribution is 2.35. The lowest BCUT2D eigenvalue weighted by molar-refractivity contribution is -0.139. The van der Waals surface area contributed by atoms with Crippen LogP contribution in [0, 0.1) is 12.7 Å². The second kappa shape index (κ2) is 13.1. The molecule has 202 valence electrons. The standard InChI is InChI=1S/C29H28FN3O5S/c1-18-7-8-22(30)20(13-18)15-24(34)19-5-3-6-21(14-19)38-25-9-12-32-23-16-26(39-28(23)25)29(36)33-11-4-10-31-17-27(35)37-2/h3,5-9,12-14,16,31H,4,10-11,15,17H2,1-2H3,(H,33,36). The smallest absolute Gasteiger partial charge is 0.319 e. The summed E-state index contributed by atoms with van der Waals surface area (Å²) in [5.74, 6) is -0.255. The number of methoxy groups -OCH3 is 1. The van der Waals surface area contributed by atoms with E-state index in [2.05, 4.69) is 20.4 Å². The summed E-state index contributed by atoms with van der Waals surface area (Å²) in [6.07, 6.45) is 2.18. The normalized spacial score (nSPS) is 10.8. The number of benzene rings is 2. The quantitative estimate of drug-likeness (QED) is 0.148. The van der Waals surface area contributed by atoms with E-state index in [1.807, 2.05) is 6.92 Å². The van der Waals surface area contributed by atoms with Gasteiger partial charge in [-0.25, -0.2) is 4.39 Å². The van der Waals surface area contributed by atoms with Gasteiger partial charge in [0.25, 0.3) is 5.91 Å². The minimum atomic E-state index is -0.409. The molecule has 4 aromatic rings. The number of ether oxygens (including phenoxy) is 2. The lowest BCUT2D eigenvalue weighted by Gasteiger charge is -2.09. The first-order valence-corrected chi connectivity index (χ1v) is 13.2. The lowest BCUT2D eigenvalue weighted by Crippen LogP contribution is -2.29. The zero-order valence-electron chi connectivity index (χ0n) is 21.6. The Balaban J connectivity index is 1.40. The number of hydrogen-bond acceptors (Lipinski definition) is 8. The van der Waals surface area contributed by atoms with Crippen molar-refractivity contribution in [2.24, 2.45) is 0 Å². The van der Waals surface area contributed by atoms with Gasteiger partial charge in [0.2, 0.25) is 0 Å². The molecule has 0 atom stereocenters. The van der Waals surface area contributed by atoms with E-state index in [9.17, 15) is 18.8 Å². The van der Waals surface area contributed by atoms with Gasteiger partial charge in [-0.3, -0.25) is 19.4 Å². The van der Waals surface area contributed by atoms with Gasteiger partial charge in [-0.2, -0.15) is 0 Å². The summed E-state index contributed by atoms with van der Waals surface area (Å²) in [6, 6.07) is 14.8. The number of esters is 1. The number of aryl methyl sites for hydroxylation is 1. The van der Waals surface area contributed by atoms with Crippen LogP contribution in [0.4, 0.5) is 4.39 Å². The topological polar surface area (TPSA) is 107 Å². The van der Waals surface area contributed by atoms with E-state index in [-0.39, 0.29) is 30.6 Å². The van der Waals surface area contributed by atoms with Crippen LogP contribution in [0.25, 0.3) is 10.2 Å². The van der Waals surface area contributed by atoms with Gasteiger partial charge in [0, 0.05) is 30.8 Å². The molecular weight excluding hydrogens is 521 g/mol. The summed E-state index contributed by atoms with van der Waals surface area (Å²) in [6.45, 7) is 2.97. The van der Waals surface area contributed by atoms with Crippen molar-refractivity contribution in [3.63, 3.8) is 0 Å². The predicted molar refractivity (Wildman–Crippen MR) is 147 cm³/mol. The van der Waals surface area contributed by atoms with E-state index in [4.69, 9.17) is 4.74 Å². The highest BCUT2D eigenvalue weighted by Gasteiger charge is 2.16. The number of Topliss-reactive ketones (excluding diaryl/α,β-unsaturated/α-hetero) is 1. The van der Waals surface area contributed by atoms with Crippen LogP contribution in [0.1, 0.15) is 37.6 Å². The molecule has 4 rings (SSSR count). The van der Waals surface area contributed by atoms with Crippen molar-refractivity contribution >= 4 is 39.2 Å². The van der Waals surface area contributed by atoms with Gasteiger partial charge in [-0.05, 0) is 49.7 Å². The number of pyridine rings is 1. The average Bonchev–Trinajstić information content (AvgIpc) is 3.38. The zero-order chi connectivity index (χ0) is 27.8. The number of hydrogen-bond donors (Lipinski definition) is 2. The van der Waals surface area contributed by atoms with Crippen molar-refractivity contribution in [3.05, 3.63) is 88.2 Å². The molecule has 2 heterocycles. The number of thiophene rings is 1. The van der Waals surface area contributed by atoms with Crippen LogP contribution in [0.3, 0.4) is 0 Å². The Morgan fingerprint density at radius 1 is 1.05 bits per heavy atom.